The average Bonchev–Trinajstić information content (AvgIpc) is 2.27. The SMILES string of the molecule is CC(C)N1c2cc(CN)ccc2NCC1C. The maximum Gasteiger partial charge on any atom is 0.0610 e. The van der Waals surface area contributed by atoms with Crippen LogP contribution in [0, 0.1) is 0 Å². The molecule has 3 N–H and O–H groups in total. The number of nitrogens with two attached hydrogens (primary N) is 1. The molecule has 1 atom stereocenters. The van der Waals surface area contributed by atoms with Gasteiger partial charge >= 0.3 is 0 Å². The van der Waals surface area contributed by atoms with E-state index in [0.29, 0.717) is 18.6 Å². The Bertz CT molecular complexity index is 373. The number of anilines is 2. The zero-order valence-corrected chi connectivity index (χ0v) is 10.3. The van der Waals surface area contributed by atoms with Crippen LogP contribution in [-0.4, -0.2) is 18.6 Å². The fourth-order valence-electron chi connectivity index (χ4n) is 2.45. The number of nitrogens with zero attached hydrogens (tertiary/aromatic N) is 1. The third kappa shape index (κ3) is 1.87. The molecule has 1 unspecified atom stereocenters. The van der Waals surface area contributed by atoms with Gasteiger partial charge in [0.15, 0.2) is 0 Å². The van der Waals surface area contributed by atoms with E-state index in [4.69, 9.17) is 5.73 Å². The number of nitrogens with one attached hydrogen (secondary N) is 1. The summed E-state index contributed by atoms with van der Waals surface area (Å²) in [6.07, 6.45) is 0. The zero-order chi connectivity index (χ0) is 11.7. The first-order chi connectivity index (χ1) is 7.63. The molecule has 0 aliphatic carbocycles. The second-order valence-electron chi connectivity index (χ2n) is 4.79. The van der Waals surface area contributed by atoms with Crippen molar-refractivity contribution in [3.05, 3.63) is 23.8 Å². The number of benzene rings is 1. The van der Waals surface area contributed by atoms with Gasteiger partial charge in [-0.1, -0.05) is 6.07 Å². The van der Waals surface area contributed by atoms with E-state index in [0.717, 1.165) is 6.54 Å². The van der Waals surface area contributed by atoms with Crippen LogP contribution in [0.1, 0.15) is 26.3 Å². The molecule has 0 bridgehead atoms. The first kappa shape index (κ1) is 11.3. The molecule has 0 fully saturated rings. The molecule has 0 spiro atoms. The Morgan fingerprint density at radius 2 is 2.25 bits per heavy atom. The largest absolute Gasteiger partial charge is 0.381 e. The van der Waals surface area contributed by atoms with E-state index in [9.17, 15) is 0 Å². The minimum absolute atomic E-state index is 0.517. The van der Waals surface area contributed by atoms with Crippen molar-refractivity contribution in [3.8, 4) is 0 Å². The lowest BCUT2D eigenvalue weighted by atomic mass is 10.1. The molecule has 0 radical (unpaired) electrons. The van der Waals surface area contributed by atoms with Gasteiger partial charge in [-0.05, 0) is 38.5 Å². The normalized spacial score (nSPS) is 19.6. The predicted molar refractivity (Wildman–Crippen MR) is 69.9 cm³/mol. The summed E-state index contributed by atoms with van der Waals surface area (Å²) in [5.74, 6) is 0. The zero-order valence-electron chi connectivity index (χ0n) is 10.3. The first-order valence-corrected chi connectivity index (χ1v) is 5.98. The number of rotatable bonds is 2. The highest BCUT2D eigenvalue weighted by molar-refractivity contribution is 5.74. The van der Waals surface area contributed by atoms with Crippen LogP contribution in [0.15, 0.2) is 18.2 Å². The molecule has 0 aromatic heterocycles. The van der Waals surface area contributed by atoms with E-state index in [-0.39, 0.29) is 0 Å². The smallest absolute Gasteiger partial charge is 0.0610 e. The van der Waals surface area contributed by atoms with Crippen molar-refractivity contribution in [3.63, 3.8) is 0 Å². The predicted octanol–water partition coefficient (Wildman–Crippen LogP) is 2.17. The Morgan fingerprint density at radius 1 is 1.50 bits per heavy atom. The van der Waals surface area contributed by atoms with Gasteiger partial charge in [0, 0.05) is 25.2 Å². The lowest BCUT2D eigenvalue weighted by Crippen LogP contribution is -2.46. The Kier molecular flexibility index (Phi) is 3.06. The third-order valence-corrected chi connectivity index (χ3v) is 3.20. The fourth-order valence-corrected chi connectivity index (χ4v) is 2.45. The summed E-state index contributed by atoms with van der Waals surface area (Å²) in [4.78, 5) is 2.46. The van der Waals surface area contributed by atoms with Crippen LogP contribution >= 0.6 is 0 Å². The molecule has 0 saturated carbocycles. The summed E-state index contributed by atoms with van der Waals surface area (Å²) < 4.78 is 0. The molecule has 1 heterocycles. The van der Waals surface area contributed by atoms with Crippen LogP contribution in [0.2, 0.25) is 0 Å². The van der Waals surface area contributed by atoms with Gasteiger partial charge in [0.05, 0.1) is 11.4 Å². The fraction of sp³-hybridized carbons (Fsp3) is 0.538. The molecule has 1 aliphatic heterocycles. The lowest BCUT2D eigenvalue weighted by molar-refractivity contribution is 0.580. The van der Waals surface area contributed by atoms with Gasteiger partial charge in [-0.25, -0.2) is 0 Å². The highest BCUT2D eigenvalue weighted by Crippen LogP contribution is 2.33. The average molecular weight is 219 g/mol. The van der Waals surface area contributed by atoms with Crippen molar-refractivity contribution in [1.29, 1.82) is 0 Å². The van der Waals surface area contributed by atoms with Crippen LogP contribution in [0.5, 0.6) is 0 Å². The molecule has 1 aromatic carbocycles. The Morgan fingerprint density at radius 3 is 2.88 bits per heavy atom. The Hall–Kier alpha value is -1.22. The van der Waals surface area contributed by atoms with Gasteiger partial charge in [0.2, 0.25) is 0 Å². The number of hydrogen-bond donors (Lipinski definition) is 2. The molecule has 3 nitrogen and oxygen atoms in total. The Balaban J connectivity index is 2.44. The van der Waals surface area contributed by atoms with Gasteiger partial charge in [0.1, 0.15) is 0 Å². The minimum Gasteiger partial charge on any atom is -0.381 e. The number of fused-ring (bicyclic) bond motifs is 1. The second kappa shape index (κ2) is 4.34. The molecular weight excluding hydrogens is 198 g/mol. The first-order valence-electron chi connectivity index (χ1n) is 5.98. The minimum atomic E-state index is 0.517. The van der Waals surface area contributed by atoms with Crippen LogP contribution in [0.25, 0.3) is 0 Å². The molecular formula is C13H21N3. The summed E-state index contributed by atoms with van der Waals surface area (Å²) in [5.41, 5.74) is 9.41. The van der Waals surface area contributed by atoms with Crippen LogP contribution < -0.4 is 16.0 Å². The maximum absolute atomic E-state index is 5.70. The standard InChI is InChI=1S/C13H21N3/c1-9(2)16-10(3)8-15-12-5-4-11(7-14)6-13(12)16/h4-6,9-10,15H,7-8,14H2,1-3H3. The van der Waals surface area contributed by atoms with Crippen LogP contribution in [0.3, 0.4) is 0 Å². The van der Waals surface area contributed by atoms with Gasteiger partial charge < -0.3 is 16.0 Å². The van der Waals surface area contributed by atoms with Crippen LogP contribution in [-0.2, 0) is 6.54 Å². The summed E-state index contributed by atoms with van der Waals surface area (Å²) in [7, 11) is 0. The monoisotopic (exact) mass is 219 g/mol. The van der Waals surface area contributed by atoms with Crippen LogP contribution in [0.4, 0.5) is 11.4 Å². The van der Waals surface area contributed by atoms with E-state index in [1.165, 1.54) is 16.9 Å². The molecule has 1 aliphatic rings. The van der Waals surface area contributed by atoms with E-state index in [1.807, 2.05) is 0 Å². The highest BCUT2D eigenvalue weighted by atomic mass is 15.2. The third-order valence-electron chi connectivity index (χ3n) is 3.20. The Labute approximate surface area is 97.6 Å². The summed E-state index contributed by atoms with van der Waals surface area (Å²) in [5, 5.41) is 3.47. The van der Waals surface area contributed by atoms with Crippen molar-refractivity contribution >= 4 is 11.4 Å². The highest BCUT2D eigenvalue weighted by Gasteiger charge is 2.24. The van der Waals surface area contributed by atoms with E-state index in [1.54, 1.807) is 0 Å². The molecule has 88 valence electrons. The molecule has 3 heteroatoms. The van der Waals surface area contributed by atoms with Crippen molar-refractivity contribution in [2.75, 3.05) is 16.8 Å². The molecule has 16 heavy (non-hydrogen) atoms. The second-order valence-corrected chi connectivity index (χ2v) is 4.79. The van der Waals surface area contributed by atoms with E-state index in [2.05, 4.69) is 49.2 Å². The number of hydrogen-bond acceptors (Lipinski definition) is 3. The van der Waals surface area contributed by atoms with Gasteiger partial charge in [0.25, 0.3) is 0 Å². The summed E-state index contributed by atoms with van der Waals surface area (Å²) in [6.45, 7) is 8.34. The van der Waals surface area contributed by atoms with Crippen molar-refractivity contribution in [1.82, 2.24) is 0 Å². The molecule has 0 amide bonds. The summed E-state index contributed by atoms with van der Waals surface area (Å²) >= 11 is 0. The van der Waals surface area contributed by atoms with E-state index >= 15 is 0 Å². The summed E-state index contributed by atoms with van der Waals surface area (Å²) in [6, 6.07) is 7.49. The molecule has 2 rings (SSSR count). The van der Waals surface area contributed by atoms with E-state index < -0.39 is 0 Å². The van der Waals surface area contributed by atoms with Crippen molar-refractivity contribution in [2.45, 2.75) is 39.4 Å². The lowest BCUT2D eigenvalue weighted by Gasteiger charge is -2.40. The van der Waals surface area contributed by atoms with Crippen molar-refractivity contribution in [2.24, 2.45) is 5.73 Å². The quantitative estimate of drug-likeness (QED) is 0.801. The van der Waals surface area contributed by atoms with Crippen molar-refractivity contribution < 1.29 is 0 Å². The maximum atomic E-state index is 5.70. The molecule has 1 aromatic rings. The van der Waals surface area contributed by atoms with Gasteiger partial charge in [-0.15, -0.1) is 0 Å². The van der Waals surface area contributed by atoms with Gasteiger partial charge in [-0.3, -0.25) is 0 Å². The van der Waals surface area contributed by atoms with Gasteiger partial charge in [-0.2, -0.15) is 0 Å². The molecule has 0 saturated heterocycles. The topological polar surface area (TPSA) is 41.3 Å².